The summed E-state index contributed by atoms with van der Waals surface area (Å²) in [6.45, 7) is 2.01. The van der Waals surface area contributed by atoms with Crippen molar-refractivity contribution in [1.82, 2.24) is 20.1 Å². The lowest BCUT2D eigenvalue weighted by atomic mass is 9.93. The summed E-state index contributed by atoms with van der Waals surface area (Å²) < 4.78 is 0. The summed E-state index contributed by atoms with van der Waals surface area (Å²) in [5.74, 6) is -0.107. The zero-order valence-corrected chi connectivity index (χ0v) is 21.2. The minimum absolute atomic E-state index is 0.135. The fraction of sp³-hybridized carbons (Fsp3) is 0.483. The molecule has 0 spiro atoms. The van der Waals surface area contributed by atoms with Gasteiger partial charge >= 0.3 is 0 Å². The van der Waals surface area contributed by atoms with Crippen LogP contribution >= 0.6 is 0 Å². The Bertz CT molecular complexity index is 1170. The third-order valence-electron chi connectivity index (χ3n) is 7.90. The van der Waals surface area contributed by atoms with E-state index in [1.165, 1.54) is 0 Å². The molecule has 0 aliphatic carbocycles. The van der Waals surface area contributed by atoms with Crippen molar-refractivity contribution < 1.29 is 19.2 Å². The summed E-state index contributed by atoms with van der Waals surface area (Å²) in [4.78, 5) is 57.4. The zero-order valence-electron chi connectivity index (χ0n) is 21.2. The third kappa shape index (κ3) is 5.73. The van der Waals surface area contributed by atoms with Crippen LogP contribution < -0.4 is 5.32 Å². The summed E-state index contributed by atoms with van der Waals surface area (Å²) >= 11 is 0. The van der Waals surface area contributed by atoms with Gasteiger partial charge in [0, 0.05) is 55.8 Å². The predicted octanol–water partition coefficient (Wildman–Crippen LogP) is 3.35. The topological polar surface area (TPSA) is 99.7 Å². The molecule has 2 aromatic rings. The highest BCUT2D eigenvalue weighted by Gasteiger charge is 2.39. The van der Waals surface area contributed by atoms with Crippen molar-refractivity contribution in [3.8, 4) is 0 Å². The van der Waals surface area contributed by atoms with Crippen LogP contribution in [0.3, 0.4) is 0 Å². The molecule has 5 rings (SSSR count). The van der Waals surface area contributed by atoms with Crippen LogP contribution in [0.15, 0.2) is 42.6 Å². The van der Waals surface area contributed by atoms with Crippen molar-refractivity contribution in [2.45, 2.75) is 76.3 Å². The van der Waals surface area contributed by atoms with E-state index in [1.54, 1.807) is 4.90 Å². The molecule has 3 aliphatic rings. The van der Waals surface area contributed by atoms with Crippen LogP contribution in [0.25, 0.3) is 0 Å². The minimum atomic E-state index is -0.584. The second-order valence-corrected chi connectivity index (χ2v) is 10.4. The number of rotatable bonds is 8. The molecule has 1 aromatic heterocycles. The molecule has 4 heterocycles. The van der Waals surface area contributed by atoms with Gasteiger partial charge in [0.25, 0.3) is 5.91 Å². The molecule has 1 N–H and O–H groups in total. The fourth-order valence-electron chi connectivity index (χ4n) is 5.74. The van der Waals surface area contributed by atoms with Crippen LogP contribution in [0.1, 0.15) is 84.5 Å². The molecule has 1 atom stereocenters. The lowest BCUT2D eigenvalue weighted by molar-refractivity contribution is -0.137. The third-order valence-corrected chi connectivity index (χ3v) is 7.90. The Balaban J connectivity index is 1.03. The molecule has 3 aliphatic heterocycles. The maximum atomic E-state index is 13.0. The lowest BCUT2D eigenvalue weighted by Crippen LogP contribution is -2.52. The first-order valence-electron chi connectivity index (χ1n) is 13.4. The summed E-state index contributed by atoms with van der Waals surface area (Å²) in [6, 6.07) is 11.4. The molecule has 1 unspecified atom stereocenters. The smallest absolute Gasteiger partial charge is 0.255 e. The summed E-state index contributed by atoms with van der Waals surface area (Å²) in [5.41, 5.74) is 3.81. The van der Waals surface area contributed by atoms with E-state index >= 15 is 0 Å². The van der Waals surface area contributed by atoms with Crippen molar-refractivity contribution in [3.63, 3.8) is 0 Å². The molecular weight excluding hydrogens is 468 g/mol. The van der Waals surface area contributed by atoms with Gasteiger partial charge < -0.3 is 9.80 Å². The number of hydrogen-bond donors (Lipinski definition) is 1. The second-order valence-electron chi connectivity index (χ2n) is 10.4. The van der Waals surface area contributed by atoms with E-state index < -0.39 is 6.04 Å². The van der Waals surface area contributed by atoms with E-state index in [4.69, 9.17) is 0 Å². The fourth-order valence-corrected chi connectivity index (χ4v) is 5.74. The molecule has 4 amide bonds. The molecular formula is C29H34N4O4. The molecule has 2 fully saturated rings. The van der Waals surface area contributed by atoms with Crippen LogP contribution in [-0.4, -0.2) is 57.5 Å². The number of imide groups is 1. The van der Waals surface area contributed by atoms with Gasteiger partial charge in [0.05, 0.1) is 0 Å². The maximum absolute atomic E-state index is 13.0. The van der Waals surface area contributed by atoms with Crippen molar-refractivity contribution in [1.29, 1.82) is 0 Å². The number of carbonyl (C=O) groups is 4. The van der Waals surface area contributed by atoms with Gasteiger partial charge in [-0.1, -0.05) is 24.6 Å². The number of unbranched alkanes of at least 4 members (excludes halogenated alkanes) is 2. The average molecular weight is 503 g/mol. The number of aryl methyl sites for hydroxylation is 1. The van der Waals surface area contributed by atoms with Gasteiger partial charge in [-0.05, 0) is 67.9 Å². The normalized spacial score (nSPS) is 20.2. The molecule has 0 radical (unpaired) electrons. The Morgan fingerprint density at radius 3 is 2.59 bits per heavy atom. The van der Waals surface area contributed by atoms with Crippen LogP contribution in [0.5, 0.6) is 0 Å². The Morgan fingerprint density at radius 1 is 1.00 bits per heavy atom. The van der Waals surface area contributed by atoms with Crippen molar-refractivity contribution in [3.05, 3.63) is 65.0 Å². The van der Waals surface area contributed by atoms with Crippen LogP contribution in [0, 0.1) is 0 Å². The van der Waals surface area contributed by atoms with E-state index in [1.807, 2.05) is 35.4 Å². The first-order valence-corrected chi connectivity index (χ1v) is 13.4. The number of pyridine rings is 1. The maximum Gasteiger partial charge on any atom is 0.255 e. The summed E-state index contributed by atoms with van der Waals surface area (Å²) in [5, 5.41) is 2.34. The van der Waals surface area contributed by atoms with E-state index in [9.17, 15) is 19.2 Å². The lowest BCUT2D eigenvalue weighted by Gasteiger charge is -2.31. The Kier molecular flexibility index (Phi) is 7.63. The number of amides is 4. The number of nitrogens with one attached hydrogen (secondary N) is 1. The highest BCUT2D eigenvalue weighted by Crippen LogP contribution is 2.29. The monoisotopic (exact) mass is 502 g/mol. The number of hydrogen-bond acceptors (Lipinski definition) is 5. The SMILES string of the molecule is O=C1CCC(N2Cc3ccc(CCCCCC(=O)N4CCC(c5ccccn5)CC4)cc3C2=O)C(=O)N1. The standard InChI is InChI=1S/C29H34N4O4/c34-26-12-11-25(28(36)31-26)33-19-22-10-9-20(18-23(22)29(33)37)6-2-1-3-8-27(35)32-16-13-21(14-17-32)24-7-4-5-15-30-24/h4-5,7,9-10,15,18,21,25H,1-3,6,8,11-14,16-17,19H2,(H,31,34,36). The van der Waals surface area contributed by atoms with E-state index in [-0.39, 0.29) is 30.0 Å². The molecule has 194 valence electrons. The predicted molar refractivity (Wildman–Crippen MR) is 137 cm³/mol. The van der Waals surface area contributed by atoms with Gasteiger partial charge in [0.2, 0.25) is 17.7 Å². The van der Waals surface area contributed by atoms with Gasteiger partial charge in [-0.15, -0.1) is 0 Å². The number of carbonyl (C=O) groups excluding carboxylic acids is 4. The second kappa shape index (κ2) is 11.2. The van der Waals surface area contributed by atoms with Gasteiger partial charge in [0.1, 0.15) is 6.04 Å². The molecule has 2 saturated heterocycles. The van der Waals surface area contributed by atoms with Gasteiger partial charge in [-0.2, -0.15) is 0 Å². The zero-order chi connectivity index (χ0) is 25.8. The van der Waals surface area contributed by atoms with Crippen molar-refractivity contribution in [2.75, 3.05) is 13.1 Å². The van der Waals surface area contributed by atoms with Crippen molar-refractivity contribution >= 4 is 23.6 Å². The van der Waals surface area contributed by atoms with E-state index in [0.717, 1.165) is 68.4 Å². The Morgan fingerprint density at radius 2 is 1.84 bits per heavy atom. The quantitative estimate of drug-likeness (QED) is 0.441. The van der Waals surface area contributed by atoms with E-state index in [2.05, 4.69) is 22.4 Å². The van der Waals surface area contributed by atoms with Crippen LogP contribution in [0.4, 0.5) is 0 Å². The largest absolute Gasteiger partial charge is 0.343 e. The summed E-state index contributed by atoms with van der Waals surface area (Å²) in [7, 11) is 0. The van der Waals surface area contributed by atoms with E-state index in [0.29, 0.717) is 30.9 Å². The number of aromatic nitrogens is 1. The van der Waals surface area contributed by atoms with Crippen molar-refractivity contribution in [2.24, 2.45) is 0 Å². The number of piperidine rings is 2. The minimum Gasteiger partial charge on any atom is -0.343 e. The molecule has 8 nitrogen and oxygen atoms in total. The Labute approximate surface area is 217 Å². The number of nitrogens with zero attached hydrogens (tertiary/aromatic N) is 3. The Hall–Kier alpha value is -3.55. The van der Waals surface area contributed by atoms with Gasteiger partial charge in [-0.25, -0.2) is 0 Å². The molecule has 37 heavy (non-hydrogen) atoms. The number of benzene rings is 1. The average Bonchev–Trinajstić information content (AvgIpc) is 3.24. The number of fused-ring (bicyclic) bond motifs is 1. The highest BCUT2D eigenvalue weighted by atomic mass is 16.2. The van der Waals surface area contributed by atoms with Crippen LogP contribution in [0.2, 0.25) is 0 Å². The first kappa shape index (κ1) is 25.1. The highest BCUT2D eigenvalue weighted by molar-refractivity contribution is 6.05. The molecule has 0 bridgehead atoms. The molecule has 8 heteroatoms. The van der Waals surface area contributed by atoms with Crippen LogP contribution in [-0.2, 0) is 27.3 Å². The molecule has 0 saturated carbocycles. The molecule has 1 aromatic carbocycles. The first-order chi connectivity index (χ1) is 18.0. The summed E-state index contributed by atoms with van der Waals surface area (Å²) in [6.07, 6.45) is 8.63. The van der Waals surface area contributed by atoms with Gasteiger partial charge in [0.15, 0.2) is 0 Å². The van der Waals surface area contributed by atoms with Gasteiger partial charge in [-0.3, -0.25) is 29.5 Å². The number of likely N-dealkylation sites (tertiary alicyclic amines) is 1.